The summed E-state index contributed by atoms with van der Waals surface area (Å²) in [5.41, 5.74) is 14.0. The fourth-order valence-corrected chi connectivity index (χ4v) is 11.8. The molecule has 5 nitrogen and oxygen atoms in total. The Morgan fingerprint density at radius 1 is 0.493 bits per heavy atom. The minimum atomic E-state index is -0.302. The third-order valence-corrected chi connectivity index (χ3v) is 14.8. The van der Waals surface area contributed by atoms with Gasteiger partial charge in [-0.2, -0.15) is 0 Å². The van der Waals surface area contributed by atoms with Gasteiger partial charge in [-0.3, -0.25) is 4.99 Å². The molecule has 13 aromatic rings. The van der Waals surface area contributed by atoms with Gasteiger partial charge in [-0.25, -0.2) is 0 Å². The van der Waals surface area contributed by atoms with Crippen LogP contribution in [0.2, 0.25) is 0 Å². The zero-order valence-corrected chi connectivity index (χ0v) is 37.3. The van der Waals surface area contributed by atoms with E-state index in [4.69, 9.17) is 13.8 Å². The van der Waals surface area contributed by atoms with Crippen LogP contribution in [0.15, 0.2) is 208 Å². The Balaban J connectivity index is 1.08. The predicted octanol–water partition coefficient (Wildman–Crippen LogP) is 17.0. The summed E-state index contributed by atoms with van der Waals surface area (Å²) in [6, 6.07) is 68.1. The van der Waals surface area contributed by atoms with Crippen molar-refractivity contribution in [2.75, 3.05) is 0 Å². The first-order chi connectivity index (χ1) is 33.1. The summed E-state index contributed by atoms with van der Waals surface area (Å²) < 4.78 is 18.4. The zero-order chi connectivity index (χ0) is 44.3. The molecular weight excluding hydrogens is 819 g/mol. The molecule has 0 bridgehead atoms. The van der Waals surface area contributed by atoms with Gasteiger partial charge < -0.3 is 18.0 Å². The van der Waals surface area contributed by atoms with Gasteiger partial charge in [0, 0.05) is 72.3 Å². The molecule has 0 saturated carbocycles. The van der Waals surface area contributed by atoms with Crippen molar-refractivity contribution in [3.63, 3.8) is 0 Å². The first-order valence-corrected chi connectivity index (χ1v) is 23.7. The Kier molecular flexibility index (Phi) is 8.36. The Morgan fingerprint density at radius 2 is 1.04 bits per heavy atom. The van der Waals surface area contributed by atoms with E-state index in [-0.39, 0.29) is 18.0 Å². The molecule has 2 unspecified atom stereocenters. The van der Waals surface area contributed by atoms with E-state index < -0.39 is 0 Å². The van der Waals surface area contributed by atoms with Crippen LogP contribution in [0.25, 0.3) is 110 Å². The summed E-state index contributed by atoms with van der Waals surface area (Å²) in [5, 5.41) is 11.9. The van der Waals surface area contributed by atoms with Crippen LogP contribution >= 0.6 is 0 Å². The molecule has 4 aromatic heterocycles. The highest BCUT2D eigenvalue weighted by Crippen LogP contribution is 2.47. The number of fused-ring (bicyclic) bond motifs is 13. The summed E-state index contributed by atoms with van der Waals surface area (Å²) in [7, 11) is 0. The average molecular weight is 864 g/mol. The second-order valence-electron chi connectivity index (χ2n) is 18.5. The fourth-order valence-electron chi connectivity index (χ4n) is 11.8. The van der Waals surface area contributed by atoms with Crippen LogP contribution < -0.4 is 0 Å². The van der Waals surface area contributed by atoms with E-state index in [9.17, 15) is 0 Å². The van der Waals surface area contributed by atoms with E-state index in [1.54, 1.807) is 0 Å². The largest absolute Gasteiger partial charge is 0.456 e. The lowest BCUT2D eigenvalue weighted by Gasteiger charge is -2.33. The quantitative estimate of drug-likeness (QED) is 0.173. The van der Waals surface area contributed by atoms with Crippen molar-refractivity contribution in [2.45, 2.75) is 32.9 Å². The van der Waals surface area contributed by atoms with Crippen LogP contribution in [-0.4, -0.2) is 14.8 Å². The lowest BCUT2D eigenvalue weighted by Crippen LogP contribution is -2.25. The SMILES string of the molecule is CC[C@H]1/C(c2cccc3oc4ccccc4c23)=C/CC(C)/C(c2cc(-n3c4ccccc4c4cc5ccccc5cc43)cc3oc4ccccc4c23)=N\C1n1c2ccccc2c2ccccc21. The molecule has 1 aliphatic heterocycles. The second kappa shape index (κ2) is 14.7. The van der Waals surface area contributed by atoms with Crippen LogP contribution in [0.4, 0.5) is 0 Å². The number of hydrogen-bond acceptors (Lipinski definition) is 3. The molecule has 67 heavy (non-hydrogen) atoms. The lowest BCUT2D eigenvalue weighted by molar-refractivity contribution is 0.415. The Labute approximate surface area is 386 Å². The minimum absolute atomic E-state index is 0.00589. The number of aliphatic imine (C=N–C) groups is 1. The molecule has 5 heteroatoms. The van der Waals surface area contributed by atoms with Crippen molar-refractivity contribution >= 4 is 110 Å². The first-order valence-electron chi connectivity index (χ1n) is 23.7. The molecule has 0 fully saturated rings. The number of para-hydroxylation sites is 5. The molecule has 1 aliphatic rings. The maximum absolute atomic E-state index is 6.91. The summed E-state index contributed by atoms with van der Waals surface area (Å²) in [6.45, 7) is 4.70. The van der Waals surface area contributed by atoms with Crippen molar-refractivity contribution in [3.8, 4) is 5.69 Å². The highest BCUT2D eigenvalue weighted by molar-refractivity contribution is 6.21. The molecule has 0 spiro atoms. The standard InChI is InChI=1S/C62H45N3O2/c1-3-41-42(46-24-16-30-57-59(46)47-22-9-14-28-55(47)66-57)32-31-37(2)61(63-62(41)65-52-26-12-6-19-43(52)44-20-7-13-27-53(44)65)50-35-40(36-58-60(50)48-23-10-15-29-56(48)67-58)64-51-25-11-8-21-45(51)49-33-38-17-4-5-18-39(38)34-54(49)64/h4-30,32-37,41,62H,3,31H2,1-2H3/b42-32-,63-61+/t37?,41-,62?/m0/s1. The lowest BCUT2D eigenvalue weighted by atomic mass is 9.81. The molecule has 0 N–H and O–H groups in total. The average Bonchev–Trinajstić information content (AvgIpc) is 4.12. The van der Waals surface area contributed by atoms with E-state index in [1.165, 1.54) is 59.9 Å². The molecule has 9 aromatic carbocycles. The highest BCUT2D eigenvalue weighted by atomic mass is 16.3. The molecule has 3 atom stereocenters. The fraction of sp³-hybridized carbons (Fsp3) is 0.113. The normalized spacial score (nSPS) is 18.7. The molecule has 0 saturated heterocycles. The van der Waals surface area contributed by atoms with Crippen LogP contribution in [0.5, 0.6) is 0 Å². The number of rotatable bonds is 5. The molecular formula is C62H45N3O2. The van der Waals surface area contributed by atoms with E-state index in [1.807, 2.05) is 0 Å². The number of hydrogen-bond donors (Lipinski definition) is 0. The monoisotopic (exact) mass is 863 g/mol. The van der Waals surface area contributed by atoms with Gasteiger partial charge in [-0.15, -0.1) is 0 Å². The Bertz CT molecular complexity index is 4170. The van der Waals surface area contributed by atoms with Gasteiger partial charge in [0.25, 0.3) is 0 Å². The first kappa shape index (κ1) is 38.2. The van der Waals surface area contributed by atoms with Gasteiger partial charge in [0.15, 0.2) is 0 Å². The topological polar surface area (TPSA) is 48.5 Å². The number of aromatic nitrogens is 2. The molecule has 0 aliphatic carbocycles. The second-order valence-corrected chi connectivity index (χ2v) is 18.5. The van der Waals surface area contributed by atoms with Crippen molar-refractivity contribution in [2.24, 2.45) is 16.8 Å². The van der Waals surface area contributed by atoms with Crippen LogP contribution in [-0.2, 0) is 0 Å². The summed E-state index contributed by atoms with van der Waals surface area (Å²) in [6.07, 6.45) is 3.91. The third-order valence-electron chi connectivity index (χ3n) is 14.8. The predicted molar refractivity (Wildman–Crippen MR) is 280 cm³/mol. The van der Waals surface area contributed by atoms with Gasteiger partial charge in [0.1, 0.15) is 28.5 Å². The van der Waals surface area contributed by atoms with Crippen LogP contribution in [0, 0.1) is 11.8 Å². The number of nitrogens with zero attached hydrogens (tertiary/aromatic N) is 3. The summed E-state index contributed by atoms with van der Waals surface area (Å²) in [5.74, 6) is 0.0456. The molecule has 0 amide bonds. The molecule has 320 valence electrons. The Hall–Kier alpha value is -8.15. The Morgan fingerprint density at radius 3 is 1.73 bits per heavy atom. The van der Waals surface area contributed by atoms with Gasteiger partial charge >= 0.3 is 0 Å². The van der Waals surface area contributed by atoms with Crippen molar-refractivity contribution in [3.05, 3.63) is 205 Å². The van der Waals surface area contributed by atoms with E-state index >= 15 is 0 Å². The van der Waals surface area contributed by atoms with E-state index in [0.717, 1.165) is 79.3 Å². The van der Waals surface area contributed by atoms with Crippen LogP contribution in [0.3, 0.4) is 0 Å². The molecule has 5 heterocycles. The molecule has 0 radical (unpaired) electrons. The summed E-state index contributed by atoms with van der Waals surface area (Å²) >= 11 is 0. The summed E-state index contributed by atoms with van der Waals surface area (Å²) in [4.78, 5) is 6.28. The third kappa shape index (κ3) is 5.64. The maximum atomic E-state index is 6.91. The van der Waals surface area contributed by atoms with Crippen molar-refractivity contribution in [1.29, 1.82) is 0 Å². The van der Waals surface area contributed by atoms with E-state index in [2.05, 4.69) is 217 Å². The minimum Gasteiger partial charge on any atom is -0.456 e. The smallest absolute Gasteiger partial charge is 0.138 e. The van der Waals surface area contributed by atoms with Gasteiger partial charge in [-0.1, -0.05) is 147 Å². The van der Waals surface area contributed by atoms with E-state index in [0.29, 0.717) is 0 Å². The van der Waals surface area contributed by atoms with Gasteiger partial charge in [-0.05, 0) is 89.3 Å². The van der Waals surface area contributed by atoms with Crippen LogP contribution in [0.1, 0.15) is 44.0 Å². The van der Waals surface area contributed by atoms with Gasteiger partial charge in [0.05, 0.1) is 27.8 Å². The maximum Gasteiger partial charge on any atom is 0.138 e. The van der Waals surface area contributed by atoms with Crippen molar-refractivity contribution < 1.29 is 8.83 Å². The molecule has 14 rings (SSSR count). The zero-order valence-electron chi connectivity index (χ0n) is 37.3. The highest BCUT2D eigenvalue weighted by Gasteiger charge is 2.34. The van der Waals surface area contributed by atoms with Gasteiger partial charge in [0.2, 0.25) is 0 Å². The van der Waals surface area contributed by atoms with Crippen molar-refractivity contribution in [1.82, 2.24) is 9.13 Å². The number of furan rings is 2. The number of allylic oxidation sites excluding steroid dienone is 1. The number of benzene rings is 9.